The van der Waals surface area contributed by atoms with Crippen molar-refractivity contribution in [1.29, 1.82) is 0 Å². The van der Waals surface area contributed by atoms with Gasteiger partial charge in [0.25, 0.3) is 0 Å². The number of rotatable bonds is 12. The van der Waals surface area contributed by atoms with Crippen LogP contribution in [-0.2, 0) is 18.9 Å². The standard InChI is InChI=1S/C36H40N2O9/c1-9-43-33(39)29-21(5)37(22(6)30(29)34(40)44-10-2)25-13-17-27(18-14-25)47-28-19-15-26(16-20-28)38-23(7)31(35(41)45-11-3)32(24(38)8)36(42)46-12-4/h13-20H,9-12H2,1-8H3. The van der Waals surface area contributed by atoms with Crippen molar-refractivity contribution in [3.8, 4) is 22.9 Å². The zero-order valence-electron chi connectivity index (χ0n) is 28.0. The Hall–Kier alpha value is -5.32. The summed E-state index contributed by atoms with van der Waals surface area (Å²) in [5.41, 5.74) is 4.39. The molecule has 0 unspecified atom stereocenters. The van der Waals surface area contributed by atoms with Crippen LogP contribution in [-0.4, -0.2) is 59.4 Å². The molecule has 0 spiro atoms. The fourth-order valence-electron chi connectivity index (χ4n) is 5.72. The number of hydrogen-bond donors (Lipinski definition) is 0. The van der Waals surface area contributed by atoms with E-state index in [1.54, 1.807) is 79.7 Å². The molecule has 0 atom stereocenters. The number of carbonyl (C=O) groups excluding carboxylic acids is 4. The quantitative estimate of drug-likeness (QED) is 0.118. The van der Waals surface area contributed by atoms with Crippen molar-refractivity contribution in [2.24, 2.45) is 0 Å². The predicted molar refractivity (Wildman–Crippen MR) is 174 cm³/mol. The van der Waals surface area contributed by atoms with Gasteiger partial charge in [0.2, 0.25) is 0 Å². The third-order valence-corrected chi connectivity index (χ3v) is 7.63. The van der Waals surface area contributed by atoms with E-state index in [-0.39, 0.29) is 48.7 Å². The van der Waals surface area contributed by atoms with E-state index in [2.05, 4.69) is 0 Å². The average Bonchev–Trinajstić information content (AvgIpc) is 3.46. The molecular weight excluding hydrogens is 604 g/mol. The molecule has 0 aliphatic carbocycles. The van der Waals surface area contributed by atoms with E-state index in [9.17, 15) is 19.2 Å². The number of carbonyl (C=O) groups is 4. The minimum Gasteiger partial charge on any atom is -0.462 e. The maximum atomic E-state index is 12.8. The van der Waals surface area contributed by atoms with Crippen molar-refractivity contribution >= 4 is 23.9 Å². The molecule has 11 heteroatoms. The van der Waals surface area contributed by atoms with Gasteiger partial charge < -0.3 is 32.8 Å². The van der Waals surface area contributed by atoms with Gasteiger partial charge >= 0.3 is 23.9 Å². The Morgan fingerprint density at radius 1 is 0.447 bits per heavy atom. The van der Waals surface area contributed by atoms with Crippen LogP contribution in [0, 0.1) is 27.7 Å². The Labute approximate surface area is 273 Å². The van der Waals surface area contributed by atoms with Crippen LogP contribution >= 0.6 is 0 Å². The molecule has 2 aromatic carbocycles. The molecular formula is C36H40N2O9. The minimum absolute atomic E-state index is 0.172. The SMILES string of the molecule is CCOC(=O)c1c(C(=O)OCC)c(C)n(-c2ccc(Oc3ccc(-n4c(C)c(C(=O)OCC)c(C(=O)OCC)c4C)cc3)cc2)c1C. The van der Waals surface area contributed by atoms with Gasteiger partial charge in [-0.15, -0.1) is 0 Å². The third kappa shape index (κ3) is 6.79. The van der Waals surface area contributed by atoms with Gasteiger partial charge in [0.15, 0.2) is 0 Å². The van der Waals surface area contributed by atoms with Gasteiger partial charge in [-0.1, -0.05) is 0 Å². The van der Waals surface area contributed by atoms with E-state index in [0.717, 1.165) is 11.4 Å². The van der Waals surface area contributed by atoms with E-state index >= 15 is 0 Å². The summed E-state index contributed by atoms with van der Waals surface area (Å²) in [6.45, 7) is 14.6. The zero-order valence-corrected chi connectivity index (χ0v) is 28.0. The molecule has 0 aliphatic rings. The Kier molecular flexibility index (Phi) is 10.9. The lowest BCUT2D eigenvalue weighted by Crippen LogP contribution is -2.13. The summed E-state index contributed by atoms with van der Waals surface area (Å²) in [4.78, 5) is 51.3. The summed E-state index contributed by atoms with van der Waals surface area (Å²) in [6.07, 6.45) is 0. The van der Waals surface area contributed by atoms with Crippen LogP contribution < -0.4 is 4.74 Å². The van der Waals surface area contributed by atoms with Crippen molar-refractivity contribution in [2.75, 3.05) is 26.4 Å². The van der Waals surface area contributed by atoms with E-state index in [4.69, 9.17) is 23.7 Å². The summed E-state index contributed by atoms with van der Waals surface area (Å²) in [6, 6.07) is 14.5. The maximum absolute atomic E-state index is 12.8. The maximum Gasteiger partial charge on any atom is 0.340 e. The van der Waals surface area contributed by atoms with Gasteiger partial charge in [0.05, 0.1) is 48.7 Å². The normalized spacial score (nSPS) is 10.8. The van der Waals surface area contributed by atoms with Crippen LogP contribution in [0.25, 0.3) is 11.4 Å². The number of benzene rings is 2. The fraction of sp³-hybridized carbons (Fsp3) is 0.333. The van der Waals surface area contributed by atoms with Crippen LogP contribution in [0.5, 0.6) is 11.5 Å². The van der Waals surface area contributed by atoms with E-state index in [1.165, 1.54) is 0 Å². The molecule has 0 radical (unpaired) electrons. The highest BCUT2D eigenvalue weighted by Crippen LogP contribution is 2.32. The molecule has 2 heterocycles. The molecule has 2 aromatic heterocycles. The first-order chi connectivity index (χ1) is 22.5. The first-order valence-electron chi connectivity index (χ1n) is 15.5. The number of esters is 4. The number of aromatic nitrogens is 2. The Morgan fingerprint density at radius 3 is 0.894 bits per heavy atom. The van der Waals surface area contributed by atoms with Crippen LogP contribution in [0.15, 0.2) is 48.5 Å². The summed E-state index contributed by atoms with van der Waals surface area (Å²) in [7, 11) is 0. The second kappa shape index (κ2) is 14.8. The molecule has 0 bridgehead atoms. The minimum atomic E-state index is -0.585. The molecule has 0 fully saturated rings. The molecule has 11 nitrogen and oxygen atoms in total. The van der Waals surface area contributed by atoms with Crippen LogP contribution in [0.4, 0.5) is 0 Å². The van der Waals surface area contributed by atoms with Crippen molar-refractivity contribution in [3.05, 3.63) is 93.6 Å². The van der Waals surface area contributed by atoms with Gasteiger partial charge in [-0.2, -0.15) is 0 Å². The van der Waals surface area contributed by atoms with Crippen molar-refractivity contribution in [1.82, 2.24) is 9.13 Å². The number of hydrogen-bond acceptors (Lipinski definition) is 9. The van der Waals surface area contributed by atoms with E-state index < -0.39 is 23.9 Å². The molecule has 0 N–H and O–H groups in total. The van der Waals surface area contributed by atoms with Gasteiger partial charge in [0, 0.05) is 34.2 Å². The van der Waals surface area contributed by atoms with E-state index in [1.807, 2.05) is 33.4 Å². The van der Waals surface area contributed by atoms with Crippen LogP contribution in [0.2, 0.25) is 0 Å². The van der Waals surface area contributed by atoms with Crippen molar-refractivity contribution < 1.29 is 42.9 Å². The summed E-state index contributed by atoms with van der Waals surface area (Å²) in [5, 5.41) is 0. The zero-order chi connectivity index (χ0) is 34.4. The summed E-state index contributed by atoms with van der Waals surface area (Å²) >= 11 is 0. The van der Waals surface area contributed by atoms with Gasteiger partial charge in [0.1, 0.15) is 11.5 Å². The molecule has 0 saturated carbocycles. The Bertz CT molecular complexity index is 1580. The first kappa shape index (κ1) is 34.6. The van der Waals surface area contributed by atoms with E-state index in [0.29, 0.717) is 34.3 Å². The molecule has 4 aromatic rings. The smallest absolute Gasteiger partial charge is 0.340 e. The monoisotopic (exact) mass is 644 g/mol. The molecule has 47 heavy (non-hydrogen) atoms. The lowest BCUT2D eigenvalue weighted by Gasteiger charge is -2.13. The Balaban J connectivity index is 1.63. The van der Waals surface area contributed by atoms with Gasteiger partial charge in [-0.25, -0.2) is 19.2 Å². The van der Waals surface area contributed by atoms with Gasteiger partial charge in [-0.3, -0.25) is 0 Å². The topological polar surface area (TPSA) is 124 Å². The molecule has 0 aliphatic heterocycles. The molecule has 248 valence electrons. The number of nitrogens with zero attached hydrogens (tertiary/aromatic N) is 2. The van der Waals surface area contributed by atoms with Crippen LogP contribution in [0.1, 0.15) is 91.9 Å². The third-order valence-electron chi connectivity index (χ3n) is 7.63. The van der Waals surface area contributed by atoms with Crippen molar-refractivity contribution in [2.45, 2.75) is 55.4 Å². The first-order valence-corrected chi connectivity index (χ1v) is 15.5. The molecule has 0 saturated heterocycles. The average molecular weight is 645 g/mol. The highest BCUT2D eigenvalue weighted by molar-refractivity contribution is 6.06. The Morgan fingerprint density at radius 2 is 0.681 bits per heavy atom. The predicted octanol–water partition coefficient (Wildman–Crippen LogP) is 7.00. The summed E-state index contributed by atoms with van der Waals surface area (Å²) in [5.74, 6) is -1.23. The molecule has 4 rings (SSSR count). The second-order valence-corrected chi connectivity index (χ2v) is 10.5. The van der Waals surface area contributed by atoms with Crippen molar-refractivity contribution in [3.63, 3.8) is 0 Å². The van der Waals surface area contributed by atoms with Gasteiger partial charge in [-0.05, 0) is 104 Å². The summed E-state index contributed by atoms with van der Waals surface area (Å²) < 4.78 is 30.7. The second-order valence-electron chi connectivity index (χ2n) is 10.5. The fourth-order valence-corrected chi connectivity index (χ4v) is 5.72. The highest BCUT2D eigenvalue weighted by atomic mass is 16.5. The van der Waals surface area contributed by atoms with Crippen LogP contribution in [0.3, 0.4) is 0 Å². The molecule has 0 amide bonds. The highest BCUT2D eigenvalue weighted by Gasteiger charge is 2.31. The largest absolute Gasteiger partial charge is 0.462 e. The number of ether oxygens (including phenoxy) is 5. The lowest BCUT2D eigenvalue weighted by molar-refractivity contribution is 0.0479. The lowest BCUT2D eigenvalue weighted by atomic mass is 10.1.